The predicted molar refractivity (Wildman–Crippen MR) is 54.0 cm³/mol. The van der Waals surface area contributed by atoms with Gasteiger partial charge in [-0.15, -0.1) is 0 Å². The molecule has 0 rings (SSSR count). The molecule has 0 aromatic rings. The summed E-state index contributed by atoms with van der Waals surface area (Å²) in [6.07, 6.45) is 0. The molecule has 0 aliphatic heterocycles. The minimum absolute atomic E-state index is 2.50. The lowest BCUT2D eigenvalue weighted by Gasteiger charge is -1.69. The standard InChI is InChI=1S/H2N22/c1-3-5-7-9-11-13-15-17-19-21-22-20-18-16-14-12-10-8-6-4-2/h1-2H/b3-1?,4-2?,7-5+,8-6+,11-9+,12-10+,15-13+,16-14+,19-17+,20-18+,22-21+. The molecule has 112 valence electrons. The van der Waals surface area contributed by atoms with Gasteiger partial charge in [0.2, 0.25) is 0 Å². The zero-order chi connectivity index (χ0) is 16.1. The van der Waals surface area contributed by atoms with Crippen molar-refractivity contribution in [1.82, 2.24) is 0 Å². The van der Waals surface area contributed by atoms with Crippen molar-refractivity contribution in [2.45, 2.75) is 0 Å². The third kappa shape index (κ3) is 15.6. The van der Waals surface area contributed by atoms with E-state index in [1.54, 1.807) is 0 Å². The van der Waals surface area contributed by atoms with Crippen molar-refractivity contribution in [3.8, 4) is 0 Å². The summed E-state index contributed by atoms with van der Waals surface area (Å²) in [7, 11) is 0. The van der Waals surface area contributed by atoms with Gasteiger partial charge in [-0.25, -0.2) is 0 Å². The summed E-state index contributed by atoms with van der Waals surface area (Å²) in [5, 5.41) is 57.6. The second-order valence-electron chi connectivity index (χ2n) is 1.81. The van der Waals surface area contributed by atoms with Crippen molar-refractivity contribution < 1.29 is 0 Å². The van der Waals surface area contributed by atoms with Gasteiger partial charge in [0.25, 0.3) is 0 Å². The number of nitrogens with zero attached hydrogens (tertiary/aromatic N) is 20. The molecule has 0 aliphatic carbocycles. The minimum atomic E-state index is 2.50. The summed E-state index contributed by atoms with van der Waals surface area (Å²) < 4.78 is 0. The Labute approximate surface area is 117 Å². The largest absolute Gasteiger partial charge is 0.183 e. The van der Waals surface area contributed by atoms with Crippen molar-refractivity contribution in [1.29, 1.82) is 11.1 Å². The average molecular weight is 310 g/mol. The monoisotopic (exact) mass is 310 g/mol. The fourth-order valence-electron chi connectivity index (χ4n) is 0.326. The predicted octanol–water partition coefficient (Wildman–Crippen LogP) is 4.27. The van der Waals surface area contributed by atoms with E-state index in [9.17, 15) is 0 Å². The van der Waals surface area contributed by atoms with Crippen molar-refractivity contribution in [3.63, 3.8) is 0 Å². The molecular weight excluding hydrogens is 308 g/mol. The Morgan fingerprint density at radius 3 is 0.500 bits per heavy atom. The van der Waals surface area contributed by atoms with E-state index in [0.717, 1.165) is 0 Å². The molecule has 0 bridgehead atoms. The van der Waals surface area contributed by atoms with E-state index >= 15 is 0 Å². The molecule has 0 aromatic carbocycles. The summed E-state index contributed by atoms with van der Waals surface area (Å²) in [5.74, 6) is 0. The van der Waals surface area contributed by atoms with E-state index in [1.807, 2.05) is 0 Å². The molecule has 22 nitrogen and oxygen atoms in total. The molecular formula is H2N22. The zero-order valence-electron chi connectivity index (χ0n) is 9.94. The highest BCUT2D eigenvalue weighted by atomic mass is 15.7. The van der Waals surface area contributed by atoms with Crippen molar-refractivity contribution >= 4 is 0 Å². The maximum Gasteiger partial charge on any atom is 0 e. The van der Waals surface area contributed by atoms with Crippen LogP contribution in [0.4, 0.5) is 0 Å². The quantitative estimate of drug-likeness (QED) is 0.421. The summed E-state index contributed by atoms with van der Waals surface area (Å²) >= 11 is 0. The van der Waals surface area contributed by atoms with Crippen LogP contribution >= 0.6 is 0 Å². The summed E-state index contributed by atoms with van der Waals surface area (Å²) in [4.78, 5) is 0. The van der Waals surface area contributed by atoms with Crippen LogP contribution in [-0.4, -0.2) is 0 Å². The first kappa shape index (κ1) is 17.6. The van der Waals surface area contributed by atoms with Crippen LogP contribution in [0.25, 0.3) is 0 Å². The van der Waals surface area contributed by atoms with Gasteiger partial charge < -0.3 is 0 Å². The lowest BCUT2D eigenvalue weighted by Crippen LogP contribution is -1.51. The van der Waals surface area contributed by atoms with Crippen LogP contribution in [0.5, 0.6) is 0 Å². The van der Waals surface area contributed by atoms with Crippen LogP contribution in [0.2, 0.25) is 0 Å². The van der Waals surface area contributed by atoms with Gasteiger partial charge in [0.1, 0.15) is 0 Å². The first-order chi connectivity index (χ1) is 10.9. The molecule has 2 N–H and O–H groups in total. The fraction of sp³-hybridized carbons (Fsp3) is 0. The Bertz CT molecular complexity index is 489. The van der Waals surface area contributed by atoms with Crippen LogP contribution in [0.3, 0.4) is 0 Å². The summed E-state index contributed by atoms with van der Waals surface area (Å²) in [6, 6.07) is 0. The van der Waals surface area contributed by atoms with Crippen LogP contribution in [0.1, 0.15) is 0 Å². The zero-order valence-corrected chi connectivity index (χ0v) is 9.94. The van der Waals surface area contributed by atoms with Crippen molar-refractivity contribution in [2.75, 3.05) is 0 Å². The molecule has 22 heteroatoms. The van der Waals surface area contributed by atoms with E-state index in [0.29, 0.717) is 0 Å². The van der Waals surface area contributed by atoms with Gasteiger partial charge in [-0.05, 0) is 83.6 Å². The van der Waals surface area contributed by atoms with Crippen LogP contribution in [-0.2, 0) is 0 Å². The molecule has 0 unspecified atom stereocenters. The van der Waals surface area contributed by atoms with Crippen molar-refractivity contribution in [3.05, 3.63) is 0 Å². The second kappa shape index (κ2) is 16.6. The van der Waals surface area contributed by atoms with E-state index in [2.05, 4.69) is 104 Å². The smallest absolute Gasteiger partial charge is 0 e. The first-order valence-corrected chi connectivity index (χ1v) is 4.25. The van der Waals surface area contributed by atoms with E-state index in [1.165, 1.54) is 0 Å². The summed E-state index contributed by atoms with van der Waals surface area (Å²) in [5.41, 5.74) is 12.4. The molecule has 0 amide bonds. The van der Waals surface area contributed by atoms with Gasteiger partial charge >= 0.3 is 0 Å². The van der Waals surface area contributed by atoms with Gasteiger partial charge in [-0.2, -0.15) is 11.1 Å². The topological polar surface area (TPSA) is 295 Å². The molecule has 0 heterocycles. The Hall–Kier alpha value is -4.40. The number of nitrogens with one attached hydrogen (secondary N) is 2. The Morgan fingerprint density at radius 1 is 0.227 bits per heavy atom. The van der Waals surface area contributed by atoms with Gasteiger partial charge in [0, 0.05) is 20.9 Å². The molecule has 0 fully saturated rings. The Morgan fingerprint density at radius 2 is 0.364 bits per heavy atom. The number of rotatable bonds is 10. The number of hydrogen-bond acceptors (Lipinski definition) is 2. The highest BCUT2D eigenvalue weighted by Crippen LogP contribution is 1.89. The lowest BCUT2D eigenvalue weighted by molar-refractivity contribution is 0.734. The maximum atomic E-state index is 6.20. The SMILES string of the molecule is N=N/N=N/N=N/N=N/N=N/N=N/N=N/N=N/N=N/N=N/N=N. The van der Waals surface area contributed by atoms with Gasteiger partial charge in [0.15, 0.2) is 0 Å². The molecule has 0 aliphatic rings. The molecule has 22 heavy (non-hydrogen) atoms. The molecule has 0 saturated carbocycles. The molecule has 0 radical (unpaired) electrons. The van der Waals surface area contributed by atoms with Gasteiger partial charge in [-0.3, -0.25) is 0 Å². The Balaban J connectivity index is 3.89. The fourth-order valence-corrected chi connectivity index (χ4v) is 0.326. The lowest BCUT2D eigenvalue weighted by atomic mass is 12.3. The maximum absolute atomic E-state index is 6.20. The highest BCUT2D eigenvalue weighted by molar-refractivity contribution is 4.13. The van der Waals surface area contributed by atoms with Gasteiger partial charge in [0.05, 0.1) is 0 Å². The van der Waals surface area contributed by atoms with E-state index in [-0.39, 0.29) is 0 Å². The molecule has 0 atom stereocenters. The third-order valence-electron chi connectivity index (χ3n) is 0.769. The minimum Gasteiger partial charge on any atom is -0.183 e. The first-order valence-electron chi connectivity index (χ1n) is 4.25. The van der Waals surface area contributed by atoms with E-state index < -0.39 is 0 Å². The van der Waals surface area contributed by atoms with Crippen molar-refractivity contribution in [2.24, 2.45) is 104 Å². The number of hydrogen-bond donors (Lipinski definition) is 2. The summed E-state index contributed by atoms with van der Waals surface area (Å²) in [6.45, 7) is 0. The average Bonchev–Trinajstić information content (AvgIpc) is 2.54. The van der Waals surface area contributed by atoms with E-state index in [4.69, 9.17) is 11.1 Å². The van der Waals surface area contributed by atoms with Gasteiger partial charge in [-0.1, -0.05) is 0 Å². The molecule has 0 spiro atoms. The highest BCUT2D eigenvalue weighted by Gasteiger charge is 1.71. The molecule has 0 saturated heterocycles. The van der Waals surface area contributed by atoms with Crippen LogP contribution in [0, 0.1) is 11.1 Å². The van der Waals surface area contributed by atoms with Crippen LogP contribution in [0.15, 0.2) is 104 Å². The third-order valence-corrected chi connectivity index (χ3v) is 0.769. The normalized spacial score (nSPS) is 14.0. The van der Waals surface area contributed by atoms with Crippen LogP contribution < -0.4 is 0 Å². The Kier molecular flexibility index (Phi) is 13.3. The molecule has 0 aromatic heterocycles. The second-order valence-corrected chi connectivity index (χ2v) is 1.81.